The highest BCUT2D eigenvalue weighted by Crippen LogP contribution is 2.28. The summed E-state index contributed by atoms with van der Waals surface area (Å²) in [6, 6.07) is 18.3. The Morgan fingerprint density at radius 3 is 1.32 bits per heavy atom. The summed E-state index contributed by atoms with van der Waals surface area (Å²) < 4.78 is 24.4. The van der Waals surface area contributed by atoms with Gasteiger partial charge in [0.05, 0.1) is 21.6 Å². The minimum atomic E-state index is -1.32. The highest BCUT2D eigenvalue weighted by atomic mass is 32.2. The molecule has 100 valence electrons. The number of hydrogen-bond donors (Lipinski definition) is 0. The van der Waals surface area contributed by atoms with Crippen molar-refractivity contribution in [1.82, 2.24) is 0 Å². The second-order valence-electron chi connectivity index (χ2n) is 4.56. The maximum absolute atomic E-state index is 12.6. The summed E-state index contributed by atoms with van der Waals surface area (Å²) in [6.45, 7) is 3.55. The van der Waals surface area contributed by atoms with Crippen molar-refractivity contribution in [3.8, 4) is 0 Å². The van der Waals surface area contributed by atoms with Gasteiger partial charge in [0.1, 0.15) is 4.08 Å². The molecule has 2 nitrogen and oxygen atoms in total. The third kappa shape index (κ3) is 3.01. The standard InChI is InChI=1S/C15H16O2S2/c1-15(2,18(16)13-9-5-3-6-10-13)19(17)14-11-7-4-8-12-14/h3-12H,1-2H3. The monoisotopic (exact) mass is 292 g/mol. The molecule has 0 aromatic heterocycles. The lowest BCUT2D eigenvalue weighted by atomic mass is 10.4. The van der Waals surface area contributed by atoms with Gasteiger partial charge in [-0.15, -0.1) is 0 Å². The van der Waals surface area contributed by atoms with Crippen LogP contribution < -0.4 is 0 Å². The predicted molar refractivity (Wildman–Crippen MR) is 79.8 cm³/mol. The average Bonchev–Trinajstić information content (AvgIpc) is 2.47. The molecule has 0 saturated heterocycles. The van der Waals surface area contributed by atoms with E-state index in [1.807, 2.05) is 36.4 Å². The molecule has 4 heteroatoms. The summed E-state index contributed by atoms with van der Waals surface area (Å²) >= 11 is 0. The molecule has 0 amide bonds. The fourth-order valence-electron chi connectivity index (χ4n) is 1.72. The molecule has 0 saturated carbocycles. The molecular formula is C15H16O2S2. The number of benzene rings is 2. The van der Waals surface area contributed by atoms with Crippen LogP contribution in [0.3, 0.4) is 0 Å². The second-order valence-corrected chi connectivity index (χ2v) is 8.88. The van der Waals surface area contributed by atoms with E-state index in [9.17, 15) is 8.42 Å². The van der Waals surface area contributed by atoms with E-state index in [-0.39, 0.29) is 0 Å². The molecule has 0 aliphatic heterocycles. The highest BCUT2D eigenvalue weighted by Gasteiger charge is 2.34. The van der Waals surface area contributed by atoms with E-state index in [0.717, 1.165) is 0 Å². The van der Waals surface area contributed by atoms with Crippen molar-refractivity contribution in [2.45, 2.75) is 27.7 Å². The van der Waals surface area contributed by atoms with E-state index in [1.165, 1.54) is 0 Å². The van der Waals surface area contributed by atoms with Gasteiger partial charge in [-0.2, -0.15) is 0 Å². The minimum Gasteiger partial charge on any atom is -0.253 e. The van der Waals surface area contributed by atoms with Gasteiger partial charge in [-0.3, -0.25) is 8.42 Å². The van der Waals surface area contributed by atoms with Crippen molar-refractivity contribution in [1.29, 1.82) is 0 Å². The van der Waals surface area contributed by atoms with Crippen LogP contribution in [0.4, 0.5) is 0 Å². The number of hydrogen-bond acceptors (Lipinski definition) is 2. The van der Waals surface area contributed by atoms with E-state index in [0.29, 0.717) is 9.79 Å². The van der Waals surface area contributed by atoms with Crippen LogP contribution in [0.2, 0.25) is 0 Å². The largest absolute Gasteiger partial charge is 0.253 e. The molecule has 0 bridgehead atoms. The Morgan fingerprint density at radius 1 is 0.684 bits per heavy atom. The maximum atomic E-state index is 12.6. The summed E-state index contributed by atoms with van der Waals surface area (Å²) in [5.41, 5.74) is 0. The third-order valence-electron chi connectivity index (χ3n) is 2.81. The van der Waals surface area contributed by atoms with Crippen LogP contribution in [-0.2, 0) is 21.6 Å². The molecule has 0 aliphatic rings. The molecule has 2 unspecified atom stereocenters. The van der Waals surface area contributed by atoms with Crippen LogP contribution in [0, 0.1) is 0 Å². The molecule has 0 fully saturated rings. The van der Waals surface area contributed by atoms with Gasteiger partial charge in [-0.25, -0.2) is 0 Å². The molecule has 2 atom stereocenters. The zero-order valence-electron chi connectivity index (χ0n) is 10.9. The molecule has 2 aromatic carbocycles. The van der Waals surface area contributed by atoms with Crippen LogP contribution in [0.5, 0.6) is 0 Å². The lowest BCUT2D eigenvalue weighted by molar-refractivity contribution is 0.654. The van der Waals surface area contributed by atoms with Gasteiger partial charge in [0.25, 0.3) is 0 Å². The third-order valence-corrected chi connectivity index (χ3v) is 6.90. The van der Waals surface area contributed by atoms with Gasteiger partial charge in [-0.05, 0) is 38.1 Å². The van der Waals surface area contributed by atoms with E-state index in [4.69, 9.17) is 0 Å². The quantitative estimate of drug-likeness (QED) is 0.866. The Morgan fingerprint density at radius 2 is 1.00 bits per heavy atom. The summed E-state index contributed by atoms with van der Waals surface area (Å²) in [7, 11) is -2.65. The Hall–Kier alpha value is -1.26. The van der Waals surface area contributed by atoms with Crippen LogP contribution >= 0.6 is 0 Å². The van der Waals surface area contributed by atoms with E-state index < -0.39 is 25.7 Å². The molecule has 19 heavy (non-hydrogen) atoms. The predicted octanol–water partition coefficient (Wildman–Crippen LogP) is 3.34. The van der Waals surface area contributed by atoms with Crippen LogP contribution in [0.25, 0.3) is 0 Å². The molecule has 0 radical (unpaired) electrons. The topological polar surface area (TPSA) is 34.1 Å². The van der Waals surface area contributed by atoms with Gasteiger partial charge < -0.3 is 0 Å². The van der Waals surface area contributed by atoms with E-state index >= 15 is 0 Å². The van der Waals surface area contributed by atoms with Crippen molar-refractivity contribution in [3.05, 3.63) is 60.7 Å². The smallest absolute Gasteiger partial charge is 0.124 e. The van der Waals surface area contributed by atoms with Gasteiger partial charge in [0, 0.05) is 9.79 Å². The van der Waals surface area contributed by atoms with E-state index in [2.05, 4.69) is 0 Å². The molecular weight excluding hydrogens is 276 g/mol. The Balaban J connectivity index is 2.33. The van der Waals surface area contributed by atoms with E-state index in [1.54, 1.807) is 38.1 Å². The summed E-state index contributed by atoms with van der Waals surface area (Å²) in [4.78, 5) is 1.41. The van der Waals surface area contributed by atoms with Crippen molar-refractivity contribution in [3.63, 3.8) is 0 Å². The molecule has 0 N–H and O–H groups in total. The Labute approximate surface area is 118 Å². The normalized spacial score (nSPS) is 14.8. The van der Waals surface area contributed by atoms with Crippen molar-refractivity contribution >= 4 is 21.6 Å². The highest BCUT2D eigenvalue weighted by molar-refractivity contribution is 8.04. The molecule has 0 spiro atoms. The van der Waals surface area contributed by atoms with Gasteiger partial charge in [0.15, 0.2) is 0 Å². The first-order chi connectivity index (χ1) is 9.03. The second kappa shape index (κ2) is 5.80. The zero-order chi connectivity index (χ0) is 13.9. The van der Waals surface area contributed by atoms with Gasteiger partial charge in [0.2, 0.25) is 0 Å². The first kappa shape index (κ1) is 14.2. The molecule has 0 aliphatic carbocycles. The first-order valence-corrected chi connectivity index (χ1v) is 8.27. The fourth-order valence-corrected chi connectivity index (χ4v) is 4.80. The average molecular weight is 292 g/mol. The van der Waals surface area contributed by atoms with Crippen molar-refractivity contribution < 1.29 is 8.42 Å². The van der Waals surface area contributed by atoms with Crippen molar-refractivity contribution in [2.75, 3.05) is 0 Å². The van der Waals surface area contributed by atoms with Gasteiger partial charge >= 0.3 is 0 Å². The first-order valence-electron chi connectivity index (χ1n) is 5.97. The molecule has 2 rings (SSSR count). The molecule has 0 heterocycles. The Kier molecular flexibility index (Phi) is 4.32. The number of rotatable bonds is 4. The lowest BCUT2D eigenvalue weighted by Crippen LogP contribution is -2.32. The van der Waals surface area contributed by atoms with Crippen molar-refractivity contribution in [2.24, 2.45) is 0 Å². The maximum Gasteiger partial charge on any atom is 0.124 e. The Bertz CT molecular complexity index is 539. The zero-order valence-corrected chi connectivity index (χ0v) is 12.5. The fraction of sp³-hybridized carbons (Fsp3) is 0.200. The summed E-state index contributed by atoms with van der Waals surface area (Å²) in [5.74, 6) is 0. The lowest BCUT2D eigenvalue weighted by Gasteiger charge is -2.23. The summed E-state index contributed by atoms with van der Waals surface area (Å²) in [5, 5.41) is 0. The SMILES string of the molecule is CC(C)(S(=O)c1ccccc1)S(=O)c1ccccc1. The molecule has 2 aromatic rings. The minimum absolute atomic E-state index is 0.705. The van der Waals surface area contributed by atoms with Crippen LogP contribution in [-0.4, -0.2) is 12.5 Å². The summed E-state index contributed by atoms with van der Waals surface area (Å²) in [6.07, 6.45) is 0. The van der Waals surface area contributed by atoms with Crippen LogP contribution in [0.1, 0.15) is 13.8 Å². The van der Waals surface area contributed by atoms with Gasteiger partial charge in [-0.1, -0.05) is 36.4 Å². The van der Waals surface area contributed by atoms with Crippen LogP contribution in [0.15, 0.2) is 70.5 Å².